The molecule has 0 radical (unpaired) electrons. The molecule has 0 spiro atoms. The van der Waals surface area contributed by atoms with Crippen molar-refractivity contribution >= 4 is 0 Å². The van der Waals surface area contributed by atoms with Crippen LogP contribution in [0.1, 0.15) is 11.3 Å². The maximum Gasteiger partial charge on any atom is 0.416 e. The van der Waals surface area contributed by atoms with Crippen molar-refractivity contribution in [3.05, 3.63) is 47.4 Å². The first-order valence-corrected chi connectivity index (χ1v) is 5.03. The van der Waals surface area contributed by atoms with Crippen LogP contribution in [0.3, 0.4) is 0 Å². The van der Waals surface area contributed by atoms with Gasteiger partial charge in [0.05, 0.1) is 11.3 Å². The summed E-state index contributed by atoms with van der Waals surface area (Å²) < 4.78 is 50.7. The predicted molar refractivity (Wildman–Crippen MR) is 57.1 cm³/mol. The van der Waals surface area contributed by atoms with Gasteiger partial charge >= 0.3 is 6.18 Å². The van der Waals surface area contributed by atoms with E-state index in [2.05, 4.69) is 10.2 Å². The third kappa shape index (κ3) is 2.68. The monoisotopic (exact) mass is 267 g/mol. The summed E-state index contributed by atoms with van der Waals surface area (Å²) in [4.78, 5) is 0. The highest BCUT2D eigenvalue weighted by Gasteiger charge is 2.31. The fraction of sp³-hybridized carbons (Fsp3) is 0.0833. The second kappa shape index (κ2) is 4.65. The molecule has 0 unspecified atom stereocenters. The Morgan fingerprint density at radius 1 is 1.05 bits per heavy atom. The number of halogens is 4. The van der Waals surface area contributed by atoms with Gasteiger partial charge in [0, 0.05) is 5.56 Å². The number of nitrogens with zero attached hydrogens (tertiary/aromatic N) is 3. The third-order valence-corrected chi connectivity index (χ3v) is 2.35. The molecule has 1 aromatic carbocycles. The summed E-state index contributed by atoms with van der Waals surface area (Å²) in [5.74, 6) is -1.05. The first-order valence-electron chi connectivity index (χ1n) is 5.03. The molecule has 0 amide bonds. The molecule has 0 atom stereocenters. The van der Waals surface area contributed by atoms with Crippen LogP contribution in [0.15, 0.2) is 30.3 Å². The van der Waals surface area contributed by atoms with E-state index in [0.717, 1.165) is 12.1 Å². The second-order valence-corrected chi connectivity index (χ2v) is 3.61. The Labute approximate surface area is 105 Å². The molecule has 0 aliphatic heterocycles. The summed E-state index contributed by atoms with van der Waals surface area (Å²) >= 11 is 0. The van der Waals surface area contributed by atoms with E-state index in [4.69, 9.17) is 5.26 Å². The molecule has 2 aromatic rings. The van der Waals surface area contributed by atoms with Crippen molar-refractivity contribution in [3.63, 3.8) is 0 Å². The fourth-order valence-corrected chi connectivity index (χ4v) is 1.43. The van der Waals surface area contributed by atoms with E-state index < -0.39 is 17.6 Å². The lowest BCUT2D eigenvalue weighted by atomic mass is 10.1. The number of benzene rings is 1. The van der Waals surface area contributed by atoms with E-state index in [-0.39, 0.29) is 17.0 Å². The van der Waals surface area contributed by atoms with Crippen LogP contribution in [0.5, 0.6) is 0 Å². The molecule has 1 aromatic heterocycles. The largest absolute Gasteiger partial charge is 0.416 e. The van der Waals surface area contributed by atoms with E-state index in [1.165, 1.54) is 12.1 Å². The summed E-state index contributed by atoms with van der Waals surface area (Å²) in [6, 6.07) is 6.50. The van der Waals surface area contributed by atoms with Gasteiger partial charge in [-0.15, -0.1) is 10.2 Å². The smallest absolute Gasteiger partial charge is 0.206 e. The van der Waals surface area contributed by atoms with Crippen molar-refractivity contribution < 1.29 is 17.6 Å². The topological polar surface area (TPSA) is 49.6 Å². The van der Waals surface area contributed by atoms with Crippen molar-refractivity contribution in [2.24, 2.45) is 0 Å². The molecule has 0 N–H and O–H groups in total. The van der Waals surface area contributed by atoms with E-state index in [1.54, 1.807) is 6.07 Å². The van der Waals surface area contributed by atoms with Crippen LogP contribution in [0.25, 0.3) is 11.3 Å². The van der Waals surface area contributed by atoms with Crippen molar-refractivity contribution in [2.75, 3.05) is 0 Å². The normalized spacial score (nSPS) is 11.1. The lowest BCUT2D eigenvalue weighted by Crippen LogP contribution is -2.05. The number of aromatic nitrogens is 2. The Bertz CT molecular complexity index is 642. The minimum absolute atomic E-state index is 0.0380. The minimum Gasteiger partial charge on any atom is -0.206 e. The second-order valence-electron chi connectivity index (χ2n) is 3.61. The van der Waals surface area contributed by atoms with Crippen LogP contribution < -0.4 is 0 Å². The number of rotatable bonds is 1. The highest BCUT2D eigenvalue weighted by molar-refractivity contribution is 5.60. The van der Waals surface area contributed by atoms with Crippen molar-refractivity contribution in [1.29, 1.82) is 5.26 Å². The molecule has 96 valence electrons. The summed E-state index contributed by atoms with van der Waals surface area (Å²) in [5, 5.41) is 15.6. The van der Waals surface area contributed by atoms with E-state index in [1.807, 2.05) is 0 Å². The van der Waals surface area contributed by atoms with E-state index in [0.29, 0.717) is 6.07 Å². The number of hydrogen-bond donors (Lipinski definition) is 0. The van der Waals surface area contributed by atoms with Crippen LogP contribution >= 0.6 is 0 Å². The first-order chi connectivity index (χ1) is 8.91. The summed E-state index contributed by atoms with van der Waals surface area (Å²) in [7, 11) is 0. The average molecular weight is 267 g/mol. The SMILES string of the molecule is N#Cc1ccc(-c2ccc(C(F)(F)F)cc2F)nn1. The van der Waals surface area contributed by atoms with Crippen molar-refractivity contribution in [3.8, 4) is 17.3 Å². The van der Waals surface area contributed by atoms with Gasteiger partial charge in [0.1, 0.15) is 11.9 Å². The van der Waals surface area contributed by atoms with Crippen LogP contribution in [0, 0.1) is 17.1 Å². The van der Waals surface area contributed by atoms with Gasteiger partial charge in [-0.2, -0.15) is 18.4 Å². The van der Waals surface area contributed by atoms with Gasteiger partial charge in [-0.05, 0) is 30.3 Å². The zero-order chi connectivity index (χ0) is 14.0. The van der Waals surface area contributed by atoms with Gasteiger partial charge in [0.2, 0.25) is 0 Å². The highest BCUT2D eigenvalue weighted by atomic mass is 19.4. The zero-order valence-corrected chi connectivity index (χ0v) is 9.24. The van der Waals surface area contributed by atoms with Gasteiger partial charge in [-0.25, -0.2) is 4.39 Å². The van der Waals surface area contributed by atoms with Gasteiger partial charge in [0.15, 0.2) is 5.69 Å². The lowest BCUT2D eigenvalue weighted by molar-refractivity contribution is -0.137. The Kier molecular flexibility index (Phi) is 3.17. The standard InChI is InChI=1S/C12H5F4N3/c13-10-5-7(12(14,15)16)1-3-9(10)11-4-2-8(6-17)18-19-11/h1-5H. The van der Waals surface area contributed by atoms with Crippen LogP contribution in [0.4, 0.5) is 17.6 Å². The maximum absolute atomic E-state index is 13.6. The fourth-order valence-electron chi connectivity index (χ4n) is 1.43. The molecule has 19 heavy (non-hydrogen) atoms. The van der Waals surface area contributed by atoms with E-state index >= 15 is 0 Å². The zero-order valence-electron chi connectivity index (χ0n) is 9.24. The molecule has 2 rings (SSSR count). The summed E-state index contributed by atoms with van der Waals surface area (Å²) in [6.07, 6.45) is -4.60. The van der Waals surface area contributed by atoms with Gasteiger partial charge in [-0.3, -0.25) is 0 Å². The highest BCUT2D eigenvalue weighted by Crippen LogP contribution is 2.32. The Morgan fingerprint density at radius 2 is 1.79 bits per heavy atom. The minimum atomic E-state index is -4.60. The molecule has 0 saturated carbocycles. The summed E-state index contributed by atoms with van der Waals surface area (Å²) in [6.45, 7) is 0. The quantitative estimate of drug-likeness (QED) is 0.745. The van der Waals surface area contributed by atoms with Crippen LogP contribution in [-0.4, -0.2) is 10.2 Å². The molecule has 0 aliphatic carbocycles. The molecule has 0 aliphatic rings. The van der Waals surface area contributed by atoms with Crippen molar-refractivity contribution in [2.45, 2.75) is 6.18 Å². The maximum atomic E-state index is 13.6. The molecular weight excluding hydrogens is 262 g/mol. The number of hydrogen-bond acceptors (Lipinski definition) is 3. The number of alkyl halides is 3. The Morgan fingerprint density at radius 3 is 2.26 bits per heavy atom. The Balaban J connectivity index is 2.43. The molecule has 3 nitrogen and oxygen atoms in total. The Hall–Kier alpha value is -2.49. The lowest BCUT2D eigenvalue weighted by Gasteiger charge is -2.08. The summed E-state index contributed by atoms with van der Waals surface area (Å²) in [5.41, 5.74) is -1.08. The molecule has 0 bridgehead atoms. The molecular formula is C12H5F4N3. The molecule has 7 heteroatoms. The van der Waals surface area contributed by atoms with Gasteiger partial charge < -0.3 is 0 Å². The van der Waals surface area contributed by atoms with Crippen LogP contribution in [-0.2, 0) is 6.18 Å². The van der Waals surface area contributed by atoms with Crippen molar-refractivity contribution in [1.82, 2.24) is 10.2 Å². The third-order valence-electron chi connectivity index (χ3n) is 2.35. The van der Waals surface area contributed by atoms with Gasteiger partial charge in [0.25, 0.3) is 0 Å². The molecule has 0 fully saturated rings. The average Bonchev–Trinajstić information content (AvgIpc) is 2.38. The van der Waals surface area contributed by atoms with E-state index in [9.17, 15) is 17.6 Å². The molecule has 0 saturated heterocycles. The predicted octanol–water partition coefficient (Wildman–Crippen LogP) is 3.17. The first kappa shape index (κ1) is 13.0. The number of nitriles is 1. The van der Waals surface area contributed by atoms with Gasteiger partial charge in [-0.1, -0.05) is 0 Å². The molecule has 1 heterocycles. The van der Waals surface area contributed by atoms with Crippen LogP contribution in [0.2, 0.25) is 0 Å².